The van der Waals surface area contributed by atoms with Crippen molar-refractivity contribution in [1.82, 2.24) is 4.57 Å². The summed E-state index contributed by atoms with van der Waals surface area (Å²) in [4.78, 5) is 23.8. The minimum absolute atomic E-state index is 0.0857. The van der Waals surface area contributed by atoms with E-state index in [2.05, 4.69) is 4.74 Å². The molecule has 1 aromatic heterocycles. The molecule has 4 rings (SSSR count). The maximum Gasteiger partial charge on any atom is 0.573 e. The Morgan fingerprint density at radius 3 is 2.65 bits per heavy atom. The summed E-state index contributed by atoms with van der Waals surface area (Å²) in [5.74, 6) is -1.26. The van der Waals surface area contributed by atoms with E-state index in [4.69, 9.17) is 15.2 Å². The van der Waals surface area contributed by atoms with Crippen LogP contribution in [-0.4, -0.2) is 36.5 Å². The number of ether oxygens (including phenoxy) is 3. The van der Waals surface area contributed by atoms with Crippen LogP contribution in [0.4, 0.5) is 13.2 Å². The van der Waals surface area contributed by atoms with Crippen molar-refractivity contribution in [2.75, 3.05) is 13.7 Å². The predicted octanol–water partition coefficient (Wildman–Crippen LogP) is 3.67. The molecule has 0 spiro atoms. The predicted molar refractivity (Wildman–Crippen MR) is 103 cm³/mol. The lowest BCUT2D eigenvalue weighted by Crippen LogP contribution is -2.17. The van der Waals surface area contributed by atoms with Crippen molar-refractivity contribution in [1.29, 1.82) is 0 Å². The molecular formula is C21H17F3N2O5. The van der Waals surface area contributed by atoms with Gasteiger partial charge in [0.1, 0.15) is 17.2 Å². The fourth-order valence-electron chi connectivity index (χ4n) is 3.70. The van der Waals surface area contributed by atoms with Crippen LogP contribution >= 0.6 is 0 Å². The van der Waals surface area contributed by atoms with Gasteiger partial charge in [-0.05, 0) is 36.4 Å². The first-order chi connectivity index (χ1) is 14.7. The molecule has 2 aromatic carbocycles. The number of hydrogen-bond donors (Lipinski definition) is 1. The van der Waals surface area contributed by atoms with Gasteiger partial charge in [-0.2, -0.15) is 0 Å². The summed E-state index contributed by atoms with van der Waals surface area (Å²) in [6, 6.07) is 10.3. The normalized spacial score (nSPS) is 15.4. The topological polar surface area (TPSA) is 92.8 Å². The number of primary amides is 1. The first-order valence-corrected chi connectivity index (χ1v) is 9.21. The number of methoxy groups -OCH3 is 1. The Morgan fingerprint density at radius 2 is 1.97 bits per heavy atom. The molecule has 0 bridgehead atoms. The molecule has 1 atom stereocenters. The first-order valence-electron chi connectivity index (χ1n) is 9.21. The third-order valence-electron chi connectivity index (χ3n) is 5.03. The number of carbonyl (C=O) groups is 2. The van der Waals surface area contributed by atoms with Gasteiger partial charge in [-0.25, -0.2) is 0 Å². The van der Waals surface area contributed by atoms with Crippen LogP contribution < -0.4 is 15.2 Å². The molecule has 3 aromatic rings. The highest BCUT2D eigenvalue weighted by atomic mass is 19.4. The Kier molecular flexibility index (Phi) is 5.00. The van der Waals surface area contributed by atoms with Crippen molar-refractivity contribution < 1.29 is 37.0 Å². The molecule has 31 heavy (non-hydrogen) atoms. The lowest BCUT2D eigenvalue weighted by molar-refractivity contribution is -0.274. The largest absolute Gasteiger partial charge is 0.573 e. The zero-order valence-electron chi connectivity index (χ0n) is 16.2. The molecule has 1 amide bonds. The Morgan fingerprint density at radius 1 is 1.19 bits per heavy atom. The highest BCUT2D eigenvalue weighted by Gasteiger charge is 2.32. The summed E-state index contributed by atoms with van der Waals surface area (Å²) in [7, 11) is 1.29. The maximum atomic E-state index is 12.7. The number of halogens is 3. The summed E-state index contributed by atoms with van der Waals surface area (Å²) in [6.07, 6.45) is -4.75. The molecule has 0 saturated carbocycles. The van der Waals surface area contributed by atoms with Gasteiger partial charge in [0, 0.05) is 28.6 Å². The van der Waals surface area contributed by atoms with E-state index in [1.807, 2.05) is 0 Å². The van der Waals surface area contributed by atoms with Crippen LogP contribution in [0.15, 0.2) is 42.5 Å². The fraction of sp³-hybridized carbons (Fsp3) is 0.238. The number of hydrogen-bond acceptors (Lipinski definition) is 5. The van der Waals surface area contributed by atoms with Crippen LogP contribution in [0.25, 0.3) is 16.6 Å². The van der Waals surface area contributed by atoms with Crippen molar-refractivity contribution in [2.45, 2.75) is 18.7 Å². The Hall–Kier alpha value is -3.69. The third kappa shape index (κ3) is 4.00. The number of esters is 1. The number of nitrogens with two attached hydrogens (primary N) is 1. The molecule has 0 aliphatic carbocycles. The van der Waals surface area contributed by atoms with Crippen LogP contribution in [0, 0.1) is 0 Å². The number of carbonyl (C=O) groups excluding carboxylic acids is 2. The maximum absolute atomic E-state index is 12.7. The highest BCUT2D eigenvalue weighted by Crippen LogP contribution is 2.39. The summed E-state index contributed by atoms with van der Waals surface area (Å²) >= 11 is 0. The zero-order valence-corrected chi connectivity index (χ0v) is 16.2. The van der Waals surface area contributed by atoms with Gasteiger partial charge in [-0.15, -0.1) is 13.2 Å². The standard InChI is InChI=1S/C21H17F3N2O5/c1-29-19(27)7-12-10-30-18-5-3-13(8-15(12)18)26-16-9-14(31-21(22,23)24)4-2-11(16)6-17(26)20(25)28/h2-6,8-9,12H,7,10H2,1H3,(H2,25,28). The molecule has 1 aliphatic heterocycles. The Balaban J connectivity index is 1.84. The molecule has 2 N–H and O–H groups in total. The number of nitrogens with zero attached hydrogens (tertiary/aromatic N) is 1. The molecule has 2 heterocycles. The molecule has 0 radical (unpaired) electrons. The first kappa shape index (κ1) is 20.6. The van der Waals surface area contributed by atoms with E-state index in [0.29, 0.717) is 22.3 Å². The van der Waals surface area contributed by atoms with Gasteiger partial charge in [0.2, 0.25) is 0 Å². The lowest BCUT2D eigenvalue weighted by atomic mass is 9.97. The second-order valence-corrected chi connectivity index (χ2v) is 7.01. The Bertz CT molecular complexity index is 1190. The Labute approximate surface area is 174 Å². The number of fused-ring (bicyclic) bond motifs is 2. The van der Waals surface area contributed by atoms with Gasteiger partial charge in [0.05, 0.1) is 25.7 Å². The summed E-state index contributed by atoms with van der Waals surface area (Å²) in [5.41, 5.74) is 7.12. The van der Waals surface area contributed by atoms with Crippen molar-refractivity contribution >= 4 is 22.8 Å². The van der Waals surface area contributed by atoms with Gasteiger partial charge >= 0.3 is 12.3 Å². The minimum Gasteiger partial charge on any atom is -0.493 e. The quantitative estimate of drug-likeness (QED) is 0.619. The molecule has 0 saturated heterocycles. The molecule has 1 aliphatic rings. The van der Waals surface area contributed by atoms with E-state index < -0.39 is 24.0 Å². The molecular weight excluding hydrogens is 417 g/mol. The van der Waals surface area contributed by atoms with Crippen molar-refractivity contribution in [2.24, 2.45) is 5.73 Å². The van der Waals surface area contributed by atoms with Crippen molar-refractivity contribution in [3.63, 3.8) is 0 Å². The van der Waals surface area contributed by atoms with Gasteiger partial charge in [0.15, 0.2) is 0 Å². The summed E-state index contributed by atoms with van der Waals surface area (Å²) in [6.45, 7) is 0.284. The molecule has 0 fully saturated rings. The molecule has 1 unspecified atom stereocenters. The number of alkyl halides is 3. The third-order valence-corrected chi connectivity index (χ3v) is 5.03. The van der Waals surface area contributed by atoms with Crippen LogP contribution in [0.1, 0.15) is 28.4 Å². The average molecular weight is 434 g/mol. The van der Waals surface area contributed by atoms with E-state index in [9.17, 15) is 22.8 Å². The second kappa shape index (κ2) is 7.53. The molecule has 10 heteroatoms. The summed E-state index contributed by atoms with van der Waals surface area (Å²) in [5, 5.41) is 0.506. The van der Waals surface area contributed by atoms with E-state index in [1.165, 1.54) is 29.9 Å². The summed E-state index contributed by atoms with van der Waals surface area (Å²) < 4.78 is 53.8. The van der Waals surface area contributed by atoms with Crippen molar-refractivity contribution in [3.05, 3.63) is 53.7 Å². The van der Waals surface area contributed by atoms with E-state index in [0.717, 1.165) is 11.6 Å². The van der Waals surface area contributed by atoms with Crippen LogP contribution in [0.3, 0.4) is 0 Å². The van der Waals surface area contributed by atoms with Gasteiger partial charge in [-0.3, -0.25) is 9.59 Å². The number of aromatic nitrogens is 1. The fourth-order valence-corrected chi connectivity index (χ4v) is 3.70. The van der Waals surface area contributed by atoms with Crippen LogP contribution in [-0.2, 0) is 9.53 Å². The minimum atomic E-state index is -4.86. The van der Waals surface area contributed by atoms with E-state index in [-0.39, 0.29) is 24.6 Å². The SMILES string of the molecule is COC(=O)CC1COc2ccc(-n3c(C(N)=O)cc4ccc(OC(F)(F)F)cc43)cc21. The lowest BCUT2D eigenvalue weighted by Gasteiger charge is -2.13. The number of amides is 1. The van der Waals surface area contributed by atoms with E-state index >= 15 is 0 Å². The molecule has 162 valence electrons. The molecule has 7 nitrogen and oxygen atoms in total. The van der Waals surface area contributed by atoms with E-state index in [1.54, 1.807) is 18.2 Å². The highest BCUT2D eigenvalue weighted by molar-refractivity contribution is 5.99. The van der Waals surface area contributed by atoms with Crippen LogP contribution in [0.2, 0.25) is 0 Å². The second-order valence-electron chi connectivity index (χ2n) is 7.01. The number of rotatable bonds is 5. The average Bonchev–Trinajstić information content (AvgIpc) is 3.27. The van der Waals surface area contributed by atoms with Crippen LogP contribution in [0.5, 0.6) is 11.5 Å². The van der Waals surface area contributed by atoms with Gasteiger partial charge < -0.3 is 24.5 Å². The van der Waals surface area contributed by atoms with Crippen molar-refractivity contribution in [3.8, 4) is 17.2 Å². The van der Waals surface area contributed by atoms with Gasteiger partial charge in [-0.1, -0.05) is 0 Å². The smallest absolute Gasteiger partial charge is 0.493 e. The zero-order chi connectivity index (χ0) is 22.3. The monoisotopic (exact) mass is 434 g/mol. The number of benzene rings is 2. The van der Waals surface area contributed by atoms with Gasteiger partial charge in [0.25, 0.3) is 5.91 Å².